The van der Waals surface area contributed by atoms with E-state index >= 15 is 0 Å². The highest BCUT2D eigenvalue weighted by Gasteiger charge is 2.15. The normalized spacial score (nSPS) is 11.5. The molecule has 0 radical (unpaired) electrons. The molecule has 6 nitrogen and oxygen atoms in total. The molecule has 1 heterocycles. The maximum atomic E-state index is 12.1. The highest BCUT2D eigenvalue weighted by atomic mass is 32.1. The fraction of sp³-hybridized carbons (Fsp3) is 0.267. The van der Waals surface area contributed by atoms with E-state index in [1.165, 1.54) is 28.0 Å². The van der Waals surface area contributed by atoms with E-state index in [0.29, 0.717) is 10.5 Å². The Hall–Kier alpha value is -2.41. The molecule has 1 N–H and O–H groups in total. The Morgan fingerprint density at radius 3 is 2.50 bits per heavy atom. The van der Waals surface area contributed by atoms with Crippen LogP contribution in [0.5, 0.6) is 11.6 Å². The van der Waals surface area contributed by atoms with Gasteiger partial charge in [0.2, 0.25) is 11.8 Å². The van der Waals surface area contributed by atoms with Crippen molar-refractivity contribution in [2.24, 2.45) is 4.99 Å². The van der Waals surface area contributed by atoms with E-state index in [4.69, 9.17) is 4.74 Å². The summed E-state index contributed by atoms with van der Waals surface area (Å²) in [6.45, 7) is 3.41. The summed E-state index contributed by atoms with van der Waals surface area (Å²) in [4.78, 5) is 28.3. The van der Waals surface area contributed by atoms with Crippen molar-refractivity contribution in [3.8, 4) is 11.6 Å². The lowest BCUT2D eigenvalue weighted by Gasteiger charge is -2.05. The number of nitrogens with zero attached hydrogens (tertiary/aromatic N) is 2. The highest BCUT2D eigenvalue weighted by Crippen LogP contribution is 2.18. The number of carbonyl (C=O) groups is 2. The number of esters is 1. The molecule has 0 fully saturated rings. The summed E-state index contributed by atoms with van der Waals surface area (Å²) >= 11 is 1.21. The number of aromatic hydroxyl groups is 1. The van der Waals surface area contributed by atoms with Crippen LogP contribution in [0.2, 0.25) is 0 Å². The van der Waals surface area contributed by atoms with Crippen molar-refractivity contribution in [2.45, 2.75) is 26.7 Å². The molecule has 2 aromatic rings. The van der Waals surface area contributed by atoms with Gasteiger partial charge in [0.25, 0.3) is 0 Å². The topological polar surface area (TPSA) is 80.9 Å². The highest BCUT2D eigenvalue weighted by molar-refractivity contribution is 7.07. The number of phenols is 1. The van der Waals surface area contributed by atoms with Gasteiger partial charge in [0.05, 0.1) is 11.1 Å². The fourth-order valence-corrected chi connectivity index (χ4v) is 2.48. The van der Waals surface area contributed by atoms with Gasteiger partial charge in [-0.25, -0.2) is 9.56 Å². The summed E-state index contributed by atoms with van der Waals surface area (Å²) < 4.78 is 6.47. The Morgan fingerprint density at radius 2 is 1.91 bits per heavy atom. The summed E-state index contributed by atoms with van der Waals surface area (Å²) in [5.41, 5.74) is 0.589. The lowest BCUT2D eigenvalue weighted by Crippen LogP contribution is -2.24. The summed E-state index contributed by atoms with van der Waals surface area (Å²) in [5, 5.41) is 10.9. The van der Waals surface area contributed by atoms with Crippen LogP contribution < -0.4 is 9.54 Å². The average molecular weight is 320 g/mol. The van der Waals surface area contributed by atoms with Gasteiger partial charge in [-0.2, -0.15) is 0 Å². The molecule has 116 valence electrons. The average Bonchev–Trinajstić information content (AvgIpc) is 2.91. The van der Waals surface area contributed by atoms with Crippen LogP contribution in [0.4, 0.5) is 5.69 Å². The van der Waals surface area contributed by atoms with Gasteiger partial charge in [-0.1, -0.05) is 13.8 Å². The van der Waals surface area contributed by atoms with Gasteiger partial charge in [0.15, 0.2) is 4.80 Å². The van der Waals surface area contributed by atoms with Crippen molar-refractivity contribution in [3.05, 3.63) is 34.4 Å². The van der Waals surface area contributed by atoms with Gasteiger partial charge in [-0.3, -0.25) is 9.59 Å². The molecule has 22 heavy (non-hydrogen) atoms. The lowest BCUT2D eigenvalue weighted by atomic mass is 10.3. The first-order valence-corrected chi connectivity index (χ1v) is 7.71. The Bertz CT molecular complexity index is 744. The lowest BCUT2D eigenvalue weighted by molar-refractivity contribution is -0.134. The molecule has 1 aromatic heterocycles. The smallest absolute Gasteiger partial charge is 0.312 e. The third-order valence-corrected chi connectivity index (χ3v) is 3.61. The van der Waals surface area contributed by atoms with Gasteiger partial charge >= 0.3 is 5.97 Å². The van der Waals surface area contributed by atoms with Crippen molar-refractivity contribution < 1.29 is 19.4 Å². The second kappa shape index (κ2) is 7.04. The maximum Gasteiger partial charge on any atom is 0.312 e. The van der Waals surface area contributed by atoms with Crippen LogP contribution in [0, 0.1) is 0 Å². The van der Waals surface area contributed by atoms with E-state index < -0.39 is 5.97 Å². The molecule has 0 saturated carbocycles. The molecule has 1 aromatic carbocycles. The van der Waals surface area contributed by atoms with Crippen LogP contribution >= 0.6 is 11.3 Å². The molecule has 0 aliphatic heterocycles. The Morgan fingerprint density at radius 1 is 1.23 bits per heavy atom. The van der Waals surface area contributed by atoms with Gasteiger partial charge in [0, 0.05) is 12.8 Å². The Labute approximate surface area is 131 Å². The molecular weight excluding hydrogens is 304 g/mol. The number of benzene rings is 1. The van der Waals surface area contributed by atoms with Crippen molar-refractivity contribution in [1.29, 1.82) is 0 Å². The minimum absolute atomic E-state index is 0.139. The van der Waals surface area contributed by atoms with E-state index in [1.807, 2.05) is 0 Å². The first kappa shape index (κ1) is 16.0. The zero-order valence-corrected chi connectivity index (χ0v) is 13.1. The Kier molecular flexibility index (Phi) is 5.11. The van der Waals surface area contributed by atoms with E-state index in [9.17, 15) is 14.7 Å². The van der Waals surface area contributed by atoms with Crippen LogP contribution in [-0.2, 0) is 4.79 Å². The molecule has 0 aliphatic carbocycles. The number of rotatable bonds is 4. The first-order chi connectivity index (χ1) is 10.5. The van der Waals surface area contributed by atoms with E-state index in [1.54, 1.807) is 31.4 Å². The van der Waals surface area contributed by atoms with Crippen LogP contribution in [0.1, 0.15) is 31.5 Å². The zero-order valence-electron chi connectivity index (χ0n) is 12.3. The number of hydrogen-bond donors (Lipinski definition) is 1. The number of hydrogen-bond acceptors (Lipinski definition) is 6. The summed E-state index contributed by atoms with van der Waals surface area (Å²) in [6.07, 6.45) is 0.483. The minimum atomic E-state index is -0.411. The van der Waals surface area contributed by atoms with Crippen molar-refractivity contribution in [1.82, 2.24) is 4.57 Å². The van der Waals surface area contributed by atoms with E-state index in [2.05, 4.69) is 4.99 Å². The molecule has 7 heteroatoms. The molecular formula is C15H16N2O4S. The van der Waals surface area contributed by atoms with Crippen LogP contribution in [0.3, 0.4) is 0 Å². The number of phenolic OH excluding ortho intramolecular Hbond substituents is 1. The zero-order chi connectivity index (χ0) is 16.1. The molecule has 0 spiro atoms. The van der Waals surface area contributed by atoms with Crippen molar-refractivity contribution in [2.75, 3.05) is 0 Å². The van der Waals surface area contributed by atoms with Crippen LogP contribution in [0.15, 0.2) is 34.6 Å². The second-order valence-electron chi connectivity index (χ2n) is 4.40. The summed E-state index contributed by atoms with van der Waals surface area (Å²) in [6, 6.07) is 6.29. The number of ether oxygens (including phenoxy) is 1. The molecule has 0 atom stereocenters. The molecule has 0 unspecified atom stereocenters. The predicted octanol–water partition coefficient (Wildman–Crippen LogP) is 2.85. The quantitative estimate of drug-likeness (QED) is 0.878. The van der Waals surface area contributed by atoms with Gasteiger partial charge in [-0.15, -0.1) is 11.3 Å². The number of thiazole rings is 1. The number of aromatic nitrogens is 1. The number of carbonyl (C=O) groups excluding carboxylic acids is 2. The minimum Gasteiger partial charge on any atom is -0.508 e. The van der Waals surface area contributed by atoms with Gasteiger partial charge < -0.3 is 9.84 Å². The third kappa shape index (κ3) is 3.62. The van der Waals surface area contributed by atoms with Crippen LogP contribution in [-0.4, -0.2) is 21.6 Å². The molecule has 0 saturated heterocycles. The molecule has 0 aliphatic rings. The largest absolute Gasteiger partial charge is 0.508 e. The SMILES string of the molecule is CCC(=O)Oc1csc(=Nc2ccc(O)cc2)n1C(=O)CC. The van der Waals surface area contributed by atoms with Crippen LogP contribution in [0.25, 0.3) is 0 Å². The third-order valence-electron chi connectivity index (χ3n) is 2.81. The predicted molar refractivity (Wildman–Crippen MR) is 82.5 cm³/mol. The fourth-order valence-electron chi connectivity index (χ4n) is 1.66. The Balaban J connectivity index is 2.49. The standard InChI is InChI=1S/C15H16N2O4S/c1-3-12(19)17-13(21-14(20)4-2)9-22-15(17)16-10-5-7-11(18)8-6-10/h5-9,18H,3-4H2,1-2H3. The molecule has 0 bridgehead atoms. The second-order valence-corrected chi connectivity index (χ2v) is 5.23. The summed E-state index contributed by atoms with van der Waals surface area (Å²) in [5.74, 6) is -0.300. The van der Waals surface area contributed by atoms with E-state index in [0.717, 1.165) is 0 Å². The van der Waals surface area contributed by atoms with E-state index in [-0.39, 0.29) is 30.4 Å². The van der Waals surface area contributed by atoms with Gasteiger partial charge in [-0.05, 0) is 24.3 Å². The monoisotopic (exact) mass is 320 g/mol. The summed E-state index contributed by atoms with van der Waals surface area (Å²) in [7, 11) is 0. The van der Waals surface area contributed by atoms with Crippen molar-refractivity contribution >= 4 is 28.9 Å². The molecule has 0 amide bonds. The van der Waals surface area contributed by atoms with Gasteiger partial charge in [0.1, 0.15) is 5.75 Å². The van der Waals surface area contributed by atoms with Crippen molar-refractivity contribution in [3.63, 3.8) is 0 Å². The maximum absolute atomic E-state index is 12.1. The first-order valence-electron chi connectivity index (χ1n) is 6.83. The molecule has 2 rings (SSSR count).